The van der Waals surface area contributed by atoms with Gasteiger partial charge in [-0.1, -0.05) is 0 Å². The van der Waals surface area contributed by atoms with Crippen LogP contribution in [0, 0.1) is 12.8 Å². The van der Waals surface area contributed by atoms with Crippen molar-refractivity contribution in [2.75, 3.05) is 13.7 Å². The van der Waals surface area contributed by atoms with E-state index in [1.165, 1.54) is 0 Å². The fraction of sp³-hybridized carbons (Fsp3) is 0.300. The molecule has 3 heterocycles. The number of aromatic nitrogens is 4. The number of rotatable bonds is 6. The monoisotopic (exact) mass is 426 g/mol. The highest BCUT2D eigenvalue weighted by Gasteiger charge is 2.40. The Hall–Kier alpha value is -2.54. The SMILES string of the molecule is COc1ccc([C@H]2C[C@@H]2COc2nc(C)ncc2-c2ccc(Br)cn2)nc1. The molecule has 0 saturated heterocycles. The standard InChI is InChI=1S/C20H19BrN4O2/c1-12-22-10-17(19-5-3-14(21)8-23-19)20(25-12)27-11-13-7-16(13)18-6-4-15(26-2)9-24-18/h3-6,8-10,13,16H,7,11H2,1-2H3/t13-,16+/m1/s1. The maximum atomic E-state index is 6.07. The van der Waals surface area contributed by atoms with E-state index in [4.69, 9.17) is 9.47 Å². The van der Waals surface area contributed by atoms with Crippen LogP contribution >= 0.6 is 15.9 Å². The van der Waals surface area contributed by atoms with Gasteiger partial charge in [0.25, 0.3) is 0 Å². The second-order valence-corrected chi connectivity index (χ2v) is 7.45. The van der Waals surface area contributed by atoms with Crippen molar-refractivity contribution < 1.29 is 9.47 Å². The first kappa shape index (κ1) is 17.9. The van der Waals surface area contributed by atoms with E-state index in [0.717, 1.165) is 33.6 Å². The number of nitrogens with zero attached hydrogens (tertiary/aromatic N) is 4. The summed E-state index contributed by atoms with van der Waals surface area (Å²) in [5.74, 6) is 2.89. The molecule has 2 atom stereocenters. The molecule has 7 heteroatoms. The Morgan fingerprint density at radius 1 is 1.07 bits per heavy atom. The Balaban J connectivity index is 1.45. The Labute approximate surface area is 166 Å². The van der Waals surface area contributed by atoms with Crippen molar-refractivity contribution in [2.45, 2.75) is 19.3 Å². The lowest BCUT2D eigenvalue weighted by molar-refractivity contribution is 0.285. The van der Waals surface area contributed by atoms with Crippen LogP contribution in [-0.2, 0) is 0 Å². The summed E-state index contributed by atoms with van der Waals surface area (Å²) in [4.78, 5) is 17.7. The van der Waals surface area contributed by atoms with Crippen molar-refractivity contribution in [1.82, 2.24) is 19.9 Å². The third kappa shape index (κ3) is 4.08. The molecule has 138 valence electrons. The second-order valence-electron chi connectivity index (χ2n) is 6.53. The molecule has 0 aromatic carbocycles. The van der Waals surface area contributed by atoms with Crippen LogP contribution in [0.25, 0.3) is 11.3 Å². The van der Waals surface area contributed by atoms with Crippen molar-refractivity contribution in [3.63, 3.8) is 0 Å². The summed E-state index contributed by atoms with van der Waals surface area (Å²) < 4.78 is 12.2. The number of aryl methyl sites for hydroxylation is 1. The zero-order chi connectivity index (χ0) is 18.8. The van der Waals surface area contributed by atoms with Gasteiger partial charge in [0.1, 0.15) is 11.6 Å². The second kappa shape index (κ2) is 7.60. The molecule has 0 amide bonds. The summed E-state index contributed by atoms with van der Waals surface area (Å²) in [6.07, 6.45) is 6.35. The number of hydrogen-bond acceptors (Lipinski definition) is 6. The zero-order valence-corrected chi connectivity index (χ0v) is 16.7. The average molecular weight is 427 g/mol. The van der Waals surface area contributed by atoms with E-state index < -0.39 is 0 Å². The van der Waals surface area contributed by atoms with E-state index in [0.29, 0.717) is 30.1 Å². The van der Waals surface area contributed by atoms with Gasteiger partial charge in [-0.15, -0.1) is 0 Å². The third-order valence-electron chi connectivity index (χ3n) is 4.61. The van der Waals surface area contributed by atoms with Crippen LogP contribution in [0.1, 0.15) is 23.9 Å². The van der Waals surface area contributed by atoms with Gasteiger partial charge in [0.15, 0.2) is 0 Å². The molecule has 3 aromatic rings. The summed E-state index contributed by atoms with van der Waals surface area (Å²) >= 11 is 3.41. The maximum absolute atomic E-state index is 6.07. The van der Waals surface area contributed by atoms with Gasteiger partial charge in [-0.2, -0.15) is 4.98 Å². The van der Waals surface area contributed by atoms with E-state index in [2.05, 4.69) is 35.9 Å². The van der Waals surface area contributed by atoms with Crippen LogP contribution in [-0.4, -0.2) is 33.7 Å². The summed E-state index contributed by atoms with van der Waals surface area (Å²) in [6.45, 7) is 2.45. The van der Waals surface area contributed by atoms with Crippen LogP contribution in [0.15, 0.2) is 47.3 Å². The number of hydrogen-bond donors (Lipinski definition) is 0. The lowest BCUT2D eigenvalue weighted by atomic mass is 10.2. The van der Waals surface area contributed by atoms with Crippen LogP contribution in [0.4, 0.5) is 0 Å². The zero-order valence-electron chi connectivity index (χ0n) is 15.1. The molecular weight excluding hydrogens is 408 g/mol. The molecule has 27 heavy (non-hydrogen) atoms. The fourth-order valence-corrected chi connectivity index (χ4v) is 3.22. The molecule has 3 aromatic heterocycles. The van der Waals surface area contributed by atoms with Crippen molar-refractivity contribution in [3.8, 4) is 22.9 Å². The van der Waals surface area contributed by atoms with Gasteiger partial charge >= 0.3 is 0 Å². The number of pyridine rings is 2. The van der Waals surface area contributed by atoms with Crippen molar-refractivity contribution in [1.29, 1.82) is 0 Å². The molecule has 1 fully saturated rings. The predicted molar refractivity (Wildman–Crippen MR) is 105 cm³/mol. The topological polar surface area (TPSA) is 70.0 Å². The highest BCUT2D eigenvalue weighted by molar-refractivity contribution is 9.10. The summed E-state index contributed by atoms with van der Waals surface area (Å²) in [5, 5.41) is 0. The van der Waals surface area contributed by atoms with Gasteiger partial charge in [-0.05, 0) is 53.5 Å². The lowest BCUT2D eigenvalue weighted by Crippen LogP contribution is -2.06. The van der Waals surface area contributed by atoms with Crippen molar-refractivity contribution >= 4 is 15.9 Å². The van der Waals surface area contributed by atoms with Gasteiger partial charge in [0, 0.05) is 34.4 Å². The van der Waals surface area contributed by atoms with Gasteiger partial charge in [0.05, 0.1) is 31.2 Å². The largest absolute Gasteiger partial charge is 0.495 e. The number of methoxy groups -OCH3 is 1. The smallest absolute Gasteiger partial charge is 0.226 e. The van der Waals surface area contributed by atoms with Crippen molar-refractivity contribution in [2.24, 2.45) is 5.92 Å². The highest BCUT2D eigenvalue weighted by atomic mass is 79.9. The average Bonchev–Trinajstić information content (AvgIpc) is 3.47. The van der Waals surface area contributed by atoms with Crippen LogP contribution in [0.5, 0.6) is 11.6 Å². The Bertz CT molecular complexity index is 932. The molecule has 1 aliphatic carbocycles. The molecule has 0 N–H and O–H groups in total. The van der Waals surface area contributed by atoms with Gasteiger partial charge in [0.2, 0.25) is 5.88 Å². The molecule has 6 nitrogen and oxygen atoms in total. The predicted octanol–water partition coefficient (Wildman–Crippen LogP) is 4.20. The molecule has 0 bridgehead atoms. The van der Waals surface area contributed by atoms with Crippen LogP contribution < -0.4 is 9.47 Å². The summed E-state index contributed by atoms with van der Waals surface area (Å²) in [7, 11) is 1.64. The minimum absolute atomic E-state index is 0.424. The Kier molecular flexibility index (Phi) is 5.03. The van der Waals surface area contributed by atoms with Crippen LogP contribution in [0.2, 0.25) is 0 Å². The van der Waals surface area contributed by atoms with Gasteiger partial charge in [-0.25, -0.2) is 4.98 Å². The molecule has 1 aliphatic rings. The Morgan fingerprint density at radius 2 is 1.96 bits per heavy atom. The van der Waals surface area contributed by atoms with E-state index in [1.807, 2.05) is 31.2 Å². The first-order chi connectivity index (χ1) is 13.1. The number of ether oxygens (including phenoxy) is 2. The van der Waals surface area contributed by atoms with E-state index in [1.54, 1.807) is 25.7 Å². The van der Waals surface area contributed by atoms with E-state index in [9.17, 15) is 0 Å². The minimum Gasteiger partial charge on any atom is -0.495 e. The molecule has 0 radical (unpaired) electrons. The van der Waals surface area contributed by atoms with Gasteiger partial charge < -0.3 is 9.47 Å². The minimum atomic E-state index is 0.424. The first-order valence-corrected chi connectivity index (χ1v) is 9.51. The molecule has 0 unspecified atom stereocenters. The summed E-state index contributed by atoms with van der Waals surface area (Å²) in [5.41, 5.74) is 2.67. The summed E-state index contributed by atoms with van der Waals surface area (Å²) in [6, 6.07) is 7.84. The van der Waals surface area contributed by atoms with Crippen LogP contribution in [0.3, 0.4) is 0 Å². The molecule has 1 saturated carbocycles. The van der Waals surface area contributed by atoms with E-state index in [-0.39, 0.29) is 0 Å². The molecule has 4 rings (SSSR count). The molecule has 0 spiro atoms. The van der Waals surface area contributed by atoms with Gasteiger partial charge in [-0.3, -0.25) is 9.97 Å². The molecule has 0 aliphatic heterocycles. The fourth-order valence-electron chi connectivity index (χ4n) is 2.98. The number of halogens is 1. The van der Waals surface area contributed by atoms with E-state index >= 15 is 0 Å². The quantitative estimate of drug-likeness (QED) is 0.588. The third-order valence-corrected chi connectivity index (χ3v) is 5.08. The highest BCUT2D eigenvalue weighted by Crippen LogP contribution is 2.47. The Morgan fingerprint density at radius 3 is 2.67 bits per heavy atom. The first-order valence-electron chi connectivity index (χ1n) is 8.72. The molecular formula is C20H19BrN4O2. The maximum Gasteiger partial charge on any atom is 0.226 e. The van der Waals surface area contributed by atoms with Crippen molar-refractivity contribution in [3.05, 3.63) is 58.8 Å². The normalized spacial score (nSPS) is 18.2. The lowest BCUT2D eigenvalue weighted by Gasteiger charge is -2.10.